The Morgan fingerprint density at radius 3 is 2.29 bits per heavy atom. The molecule has 0 unspecified atom stereocenters. The number of benzene rings is 2. The topological polar surface area (TPSA) is 33.4 Å². The number of hydrogen-bond donors (Lipinski definition) is 0. The van der Waals surface area contributed by atoms with Gasteiger partial charge in [0, 0.05) is 47.1 Å². The predicted molar refractivity (Wildman–Crippen MR) is 115 cm³/mol. The Bertz CT molecular complexity index is 1240. The number of hydrogen-bond acceptors (Lipinski definition) is 3. The lowest BCUT2D eigenvalue weighted by Gasteiger charge is -2.15. The van der Waals surface area contributed by atoms with Crippen LogP contribution in [0.15, 0.2) is 60.8 Å². The Hall–Kier alpha value is -3.06. The number of fused-ring (bicyclic) bond motifs is 1. The summed E-state index contributed by atoms with van der Waals surface area (Å²) in [4.78, 5) is 6.76. The average Bonchev–Trinajstić information content (AvgIpc) is 3.42. The molecule has 0 amide bonds. The van der Waals surface area contributed by atoms with Crippen LogP contribution in [0.2, 0.25) is 5.02 Å². The molecule has 31 heavy (non-hydrogen) atoms. The largest absolute Gasteiger partial charge is 0.416 e. The summed E-state index contributed by atoms with van der Waals surface area (Å²) in [6, 6.07) is 14.3. The number of rotatable bonds is 3. The van der Waals surface area contributed by atoms with Gasteiger partial charge in [0.05, 0.1) is 11.3 Å². The fraction of sp³-hybridized carbons (Fsp3) is 0.217. The van der Waals surface area contributed by atoms with Gasteiger partial charge >= 0.3 is 6.18 Å². The third kappa shape index (κ3) is 3.63. The van der Waals surface area contributed by atoms with Crippen LogP contribution >= 0.6 is 11.6 Å². The summed E-state index contributed by atoms with van der Waals surface area (Å²) in [6.45, 7) is 1.85. The van der Waals surface area contributed by atoms with E-state index in [-0.39, 0.29) is 0 Å². The van der Waals surface area contributed by atoms with Crippen molar-refractivity contribution in [3.05, 3.63) is 71.4 Å². The van der Waals surface area contributed by atoms with E-state index in [1.165, 1.54) is 12.1 Å². The molecule has 4 nitrogen and oxygen atoms in total. The van der Waals surface area contributed by atoms with Crippen LogP contribution < -0.4 is 4.90 Å². The second-order valence-corrected chi connectivity index (χ2v) is 7.95. The zero-order chi connectivity index (χ0) is 21.6. The summed E-state index contributed by atoms with van der Waals surface area (Å²) in [6.07, 6.45) is -0.471. The molecule has 0 bridgehead atoms. The van der Waals surface area contributed by atoms with Gasteiger partial charge in [-0.25, -0.2) is 9.50 Å². The minimum Gasteiger partial charge on any atom is -0.355 e. The van der Waals surface area contributed by atoms with Crippen molar-refractivity contribution in [1.82, 2.24) is 14.6 Å². The van der Waals surface area contributed by atoms with Crippen LogP contribution in [0.5, 0.6) is 0 Å². The first kappa shape index (κ1) is 19.9. The third-order valence-corrected chi connectivity index (χ3v) is 5.88. The van der Waals surface area contributed by atoms with Crippen molar-refractivity contribution in [2.75, 3.05) is 18.0 Å². The smallest absolute Gasteiger partial charge is 0.355 e. The molecule has 5 rings (SSSR count). The highest BCUT2D eigenvalue weighted by Gasteiger charge is 2.30. The number of nitrogens with zero attached hydrogens (tertiary/aromatic N) is 4. The Labute approximate surface area is 181 Å². The van der Waals surface area contributed by atoms with Gasteiger partial charge in [0.2, 0.25) is 0 Å². The molecule has 1 aliphatic rings. The lowest BCUT2D eigenvalue weighted by molar-refractivity contribution is -0.137. The molecule has 2 aromatic heterocycles. The lowest BCUT2D eigenvalue weighted by atomic mass is 9.99. The molecule has 158 valence electrons. The molecule has 0 spiro atoms. The van der Waals surface area contributed by atoms with E-state index in [2.05, 4.69) is 9.88 Å². The van der Waals surface area contributed by atoms with Crippen molar-refractivity contribution in [3.63, 3.8) is 0 Å². The van der Waals surface area contributed by atoms with Crippen LogP contribution in [0.4, 0.5) is 19.0 Å². The van der Waals surface area contributed by atoms with Crippen LogP contribution in [0.25, 0.3) is 28.0 Å². The van der Waals surface area contributed by atoms with E-state index in [1.807, 2.05) is 24.3 Å². The van der Waals surface area contributed by atoms with Gasteiger partial charge < -0.3 is 4.90 Å². The highest BCUT2D eigenvalue weighted by Crippen LogP contribution is 2.38. The van der Waals surface area contributed by atoms with Crippen molar-refractivity contribution in [2.24, 2.45) is 0 Å². The van der Waals surface area contributed by atoms with Crippen LogP contribution in [0, 0.1) is 0 Å². The molecule has 2 aromatic carbocycles. The van der Waals surface area contributed by atoms with Crippen molar-refractivity contribution in [1.29, 1.82) is 0 Å². The fourth-order valence-corrected chi connectivity index (χ4v) is 4.23. The molecular weight excluding hydrogens is 425 g/mol. The molecule has 4 aromatic rings. The normalized spacial score (nSPS) is 14.5. The van der Waals surface area contributed by atoms with E-state index in [0.29, 0.717) is 27.5 Å². The van der Waals surface area contributed by atoms with Crippen LogP contribution in [0.3, 0.4) is 0 Å². The van der Waals surface area contributed by atoms with Gasteiger partial charge in [-0.3, -0.25) is 0 Å². The molecule has 8 heteroatoms. The Morgan fingerprint density at radius 2 is 1.61 bits per heavy atom. The highest BCUT2D eigenvalue weighted by atomic mass is 35.5. The van der Waals surface area contributed by atoms with Crippen molar-refractivity contribution >= 4 is 23.1 Å². The molecule has 0 N–H and O–H groups in total. The van der Waals surface area contributed by atoms with Gasteiger partial charge in [-0.2, -0.15) is 13.2 Å². The highest BCUT2D eigenvalue weighted by molar-refractivity contribution is 6.33. The zero-order valence-electron chi connectivity index (χ0n) is 16.4. The molecule has 1 fully saturated rings. The fourth-order valence-electron chi connectivity index (χ4n) is 3.99. The molecule has 0 aliphatic carbocycles. The maximum atomic E-state index is 13.1. The van der Waals surface area contributed by atoms with Gasteiger partial charge in [-0.05, 0) is 31.0 Å². The van der Waals surface area contributed by atoms with Gasteiger partial charge in [-0.15, -0.1) is 5.10 Å². The standard InChI is InChI=1S/C23H18ClF3N4/c24-19-6-2-1-5-17(19)18-14-28-20-13-21(30-11-3-4-12-30)29-31(20)22(18)15-7-9-16(10-8-15)23(25,26)27/h1-2,5-10,13-14H,3-4,11-12H2. The summed E-state index contributed by atoms with van der Waals surface area (Å²) in [7, 11) is 0. The molecule has 0 radical (unpaired) electrons. The first-order valence-electron chi connectivity index (χ1n) is 9.98. The minimum absolute atomic E-state index is 0.531. The third-order valence-electron chi connectivity index (χ3n) is 5.55. The Morgan fingerprint density at radius 1 is 0.903 bits per heavy atom. The molecular formula is C23H18ClF3N4. The molecule has 0 saturated carbocycles. The van der Waals surface area contributed by atoms with Gasteiger partial charge in [0.1, 0.15) is 0 Å². The first-order valence-corrected chi connectivity index (χ1v) is 10.4. The minimum atomic E-state index is -4.40. The van der Waals surface area contributed by atoms with E-state index in [9.17, 15) is 13.2 Å². The molecule has 1 aliphatic heterocycles. The number of aromatic nitrogens is 3. The second kappa shape index (κ2) is 7.57. The average molecular weight is 443 g/mol. The van der Waals surface area contributed by atoms with E-state index >= 15 is 0 Å². The van der Waals surface area contributed by atoms with E-state index < -0.39 is 11.7 Å². The van der Waals surface area contributed by atoms with Crippen LogP contribution in [-0.4, -0.2) is 27.7 Å². The number of halogens is 4. The monoisotopic (exact) mass is 442 g/mol. The summed E-state index contributed by atoms with van der Waals surface area (Å²) < 4.78 is 41.0. The SMILES string of the molecule is FC(F)(F)c1ccc(-c2c(-c3ccccc3Cl)cnc3cc(N4CCCC4)nn23)cc1. The molecule has 0 atom stereocenters. The zero-order valence-corrected chi connectivity index (χ0v) is 17.2. The summed E-state index contributed by atoms with van der Waals surface area (Å²) in [5, 5.41) is 5.30. The van der Waals surface area contributed by atoms with Gasteiger partial charge in [0.15, 0.2) is 11.5 Å². The Balaban J connectivity index is 1.74. The Kier molecular flexibility index (Phi) is 4.85. The number of alkyl halides is 3. The summed E-state index contributed by atoms with van der Waals surface area (Å²) in [5.41, 5.74) is 2.64. The first-order chi connectivity index (χ1) is 14.9. The van der Waals surface area contributed by atoms with E-state index in [0.717, 1.165) is 49.4 Å². The number of anilines is 1. The van der Waals surface area contributed by atoms with Crippen molar-refractivity contribution in [3.8, 4) is 22.4 Å². The maximum absolute atomic E-state index is 13.1. The molecule has 3 heterocycles. The van der Waals surface area contributed by atoms with Crippen LogP contribution in [-0.2, 0) is 6.18 Å². The molecule has 1 saturated heterocycles. The maximum Gasteiger partial charge on any atom is 0.416 e. The van der Waals surface area contributed by atoms with Gasteiger partial charge in [-0.1, -0.05) is 41.9 Å². The summed E-state index contributed by atoms with van der Waals surface area (Å²) >= 11 is 6.45. The van der Waals surface area contributed by atoms with Crippen LogP contribution in [0.1, 0.15) is 18.4 Å². The quantitative estimate of drug-likeness (QED) is 0.371. The van der Waals surface area contributed by atoms with Crippen molar-refractivity contribution in [2.45, 2.75) is 19.0 Å². The lowest BCUT2D eigenvalue weighted by Crippen LogP contribution is -2.18. The summed E-state index contributed by atoms with van der Waals surface area (Å²) in [5.74, 6) is 0.814. The van der Waals surface area contributed by atoms with Gasteiger partial charge in [0.25, 0.3) is 0 Å². The van der Waals surface area contributed by atoms with E-state index in [4.69, 9.17) is 16.7 Å². The second-order valence-electron chi connectivity index (χ2n) is 7.54. The van der Waals surface area contributed by atoms with E-state index in [1.54, 1.807) is 16.8 Å². The predicted octanol–water partition coefficient (Wildman–Crippen LogP) is 6.34. The van der Waals surface area contributed by atoms with Crippen molar-refractivity contribution < 1.29 is 13.2 Å².